The molecule has 21 heavy (non-hydrogen) atoms. The summed E-state index contributed by atoms with van der Waals surface area (Å²) in [6, 6.07) is 9.57. The normalized spacial score (nSPS) is 16.7. The maximum absolute atomic E-state index is 5.51. The van der Waals surface area contributed by atoms with Crippen molar-refractivity contribution >= 4 is 0 Å². The minimum absolute atomic E-state index is 0.488. The molecule has 0 aliphatic heterocycles. The zero-order valence-corrected chi connectivity index (χ0v) is 13.7. The van der Waals surface area contributed by atoms with Gasteiger partial charge in [0.05, 0.1) is 0 Å². The highest BCUT2D eigenvalue weighted by atomic mass is 16.5. The zero-order chi connectivity index (χ0) is 14.9. The Bertz CT molecular complexity index is 400. The van der Waals surface area contributed by atoms with Crippen LogP contribution in [0.25, 0.3) is 0 Å². The molecule has 0 aromatic heterocycles. The van der Waals surface area contributed by atoms with Gasteiger partial charge in [0.1, 0.15) is 0 Å². The van der Waals surface area contributed by atoms with Crippen LogP contribution >= 0.6 is 0 Å². The van der Waals surface area contributed by atoms with Crippen LogP contribution in [0.1, 0.15) is 75.5 Å². The first-order chi connectivity index (χ1) is 10.4. The molecule has 0 radical (unpaired) electrons. The SMILES string of the molecule is CCCNC(CCCOCC)c1ccccc1C1CCC1. The quantitative estimate of drug-likeness (QED) is 0.624. The third-order valence-electron chi connectivity index (χ3n) is 4.54. The van der Waals surface area contributed by atoms with Gasteiger partial charge in [-0.05, 0) is 62.6 Å². The first-order valence-electron chi connectivity index (χ1n) is 8.76. The van der Waals surface area contributed by atoms with Gasteiger partial charge >= 0.3 is 0 Å². The number of hydrogen-bond donors (Lipinski definition) is 1. The minimum atomic E-state index is 0.488. The van der Waals surface area contributed by atoms with E-state index in [0.29, 0.717) is 6.04 Å². The van der Waals surface area contributed by atoms with Crippen LogP contribution in [0, 0.1) is 0 Å². The summed E-state index contributed by atoms with van der Waals surface area (Å²) in [5.41, 5.74) is 3.13. The lowest BCUT2D eigenvalue weighted by Crippen LogP contribution is -2.25. The highest BCUT2D eigenvalue weighted by molar-refractivity contribution is 5.34. The van der Waals surface area contributed by atoms with E-state index in [1.807, 2.05) is 0 Å². The molecule has 1 N–H and O–H groups in total. The monoisotopic (exact) mass is 289 g/mol. The third kappa shape index (κ3) is 4.82. The standard InChI is InChI=1S/C19H31NO/c1-3-14-20-19(13-8-15-21-4-2)18-12-6-5-11-17(18)16-9-7-10-16/h5-6,11-12,16,19-20H,3-4,7-10,13-15H2,1-2H3. The molecular weight excluding hydrogens is 258 g/mol. The molecule has 0 bridgehead atoms. The fraction of sp³-hybridized carbons (Fsp3) is 0.684. The van der Waals surface area contributed by atoms with E-state index in [1.165, 1.54) is 37.7 Å². The van der Waals surface area contributed by atoms with Gasteiger partial charge in [0.25, 0.3) is 0 Å². The van der Waals surface area contributed by atoms with Crippen LogP contribution < -0.4 is 5.32 Å². The highest BCUT2D eigenvalue weighted by Crippen LogP contribution is 2.40. The van der Waals surface area contributed by atoms with Crippen molar-refractivity contribution in [2.45, 2.75) is 64.3 Å². The van der Waals surface area contributed by atoms with E-state index in [-0.39, 0.29) is 0 Å². The summed E-state index contributed by atoms with van der Waals surface area (Å²) >= 11 is 0. The Hall–Kier alpha value is -0.860. The second kappa shape index (κ2) is 9.22. The Morgan fingerprint density at radius 2 is 2.05 bits per heavy atom. The van der Waals surface area contributed by atoms with Crippen LogP contribution in [0.15, 0.2) is 24.3 Å². The number of ether oxygens (including phenoxy) is 1. The van der Waals surface area contributed by atoms with Crippen LogP contribution in [0.5, 0.6) is 0 Å². The van der Waals surface area contributed by atoms with Gasteiger partial charge in [0, 0.05) is 19.3 Å². The van der Waals surface area contributed by atoms with E-state index in [2.05, 4.69) is 43.4 Å². The fourth-order valence-corrected chi connectivity index (χ4v) is 3.14. The Morgan fingerprint density at radius 1 is 1.24 bits per heavy atom. The number of hydrogen-bond acceptors (Lipinski definition) is 2. The zero-order valence-electron chi connectivity index (χ0n) is 13.7. The molecule has 0 heterocycles. The van der Waals surface area contributed by atoms with E-state index in [9.17, 15) is 0 Å². The molecule has 2 nitrogen and oxygen atoms in total. The van der Waals surface area contributed by atoms with Crippen molar-refractivity contribution in [1.29, 1.82) is 0 Å². The lowest BCUT2D eigenvalue weighted by atomic mass is 9.77. The maximum Gasteiger partial charge on any atom is 0.0466 e. The summed E-state index contributed by atoms with van der Waals surface area (Å²) in [5, 5.41) is 3.75. The predicted molar refractivity (Wildman–Crippen MR) is 89.8 cm³/mol. The molecular formula is C19H31NO. The third-order valence-corrected chi connectivity index (χ3v) is 4.54. The maximum atomic E-state index is 5.51. The average Bonchev–Trinajstić information content (AvgIpc) is 2.46. The number of nitrogens with one attached hydrogen (secondary N) is 1. The number of rotatable bonds is 10. The highest BCUT2D eigenvalue weighted by Gasteiger charge is 2.24. The molecule has 1 aromatic carbocycles. The van der Waals surface area contributed by atoms with Crippen molar-refractivity contribution in [3.63, 3.8) is 0 Å². The fourth-order valence-electron chi connectivity index (χ4n) is 3.14. The van der Waals surface area contributed by atoms with Gasteiger partial charge in [-0.3, -0.25) is 0 Å². The van der Waals surface area contributed by atoms with E-state index in [1.54, 1.807) is 5.56 Å². The van der Waals surface area contributed by atoms with Gasteiger partial charge in [0.15, 0.2) is 0 Å². The Morgan fingerprint density at radius 3 is 2.71 bits per heavy atom. The molecule has 2 rings (SSSR count). The smallest absolute Gasteiger partial charge is 0.0466 e. The van der Waals surface area contributed by atoms with Crippen LogP contribution in [0.3, 0.4) is 0 Å². The van der Waals surface area contributed by atoms with E-state index < -0.39 is 0 Å². The van der Waals surface area contributed by atoms with Gasteiger partial charge in [-0.1, -0.05) is 37.6 Å². The molecule has 0 amide bonds. The first-order valence-corrected chi connectivity index (χ1v) is 8.76. The van der Waals surface area contributed by atoms with Crippen molar-refractivity contribution in [3.8, 4) is 0 Å². The van der Waals surface area contributed by atoms with Crippen molar-refractivity contribution in [2.75, 3.05) is 19.8 Å². The Labute approximate surface area is 130 Å². The molecule has 1 unspecified atom stereocenters. The topological polar surface area (TPSA) is 21.3 Å². The molecule has 1 saturated carbocycles. The van der Waals surface area contributed by atoms with Gasteiger partial charge in [-0.25, -0.2) is 0 Å². The van der Waals surface area contributed by atoms with E-state index in [0.717, 1.165) is 32.1 Å². The molecule has 0 spiro atoms. The Balaban J connectivity index is 2.03. The van der Waals surface area contributed by atoms with Crippen LogP contribution in [-0.4, -0.2) is 19.8 Å². The van der Waals surface area contributed by atoms with Crippen molar-refractivity contribution < 1.29 is 4.74 Å². The molecule has 1 fully saturated rings. The largest absolute Gasteiger partial charge is 0.382 e. The first kappa shape index (κ1) is 16.5. The minimum Gasteiger partial charge on any atom is -0.382 e. The van der Waals surface area contributed by atoms with Crippen molar-refractivity contribution in [1.82, 2.24) is 5.32 Å². The summed E-state index contributed by atoms with van der Waals surface area (Å²) in [6.07, 6.45) is 7.63. The molecule has 1 atom stereocenters. The van der Waals surface area contributed by atoms with Crippen LogP contribution in [0.2, 0.25) is 0 Å². The summed E-state index contributed by atoms with van der Waals surface area (Å²) in [7, 11) is 0. The summed E-state index contributed by atoms with van der Waals surface area (Å²) in [4.78, 5) is 0. The molecule has 1 aliphatic rings. The van der Waals surface area contributed by atoms with Crippen molar-refractivity contribution in [3.05, 3.63) is 35.4 Å². The van der Waals surface area contributed by atoms with Gasteiger partial charge in [0.2, 0.25) is 0 Å². The summed E-state index contributed by atoms with van der Waals surface area (Å²) in [6.45, 7) is 7.11. The average molecular weight is 289 g/mol. The summed E-state index contributed by atoms with van der Waals surface area (Å²) < 4.78 is 5.51. The Kier molecular flexibility index (Phi) is 7.25. The lowest BCUT2D eigenvalue weighted by Gasteiger charge is -2.31. The molecule has 0 saturated heterocycles. The van der Waals surface area contributed by atoms with Gasteiger partial charge < -0.3 is 10.1 Å². The molecule has 118 valence electrons. The molecule has 1 aromatic rings. The second-order valence-corrected chi connectivity index (χ2v) is 6.10. The number of benzene rings is 1. The predicted octanol–water partition coefficient (Wildman–Crippen LogP) is 4.81. The van der Waals surface area contributed by atoms with Crippen LogP contribution in [-0.2, 0) is 4.74 Å². The van der Waals surface area contributed by atoms with Crippen molar-refractivity contribution in [2.24, 2.45) is 0 Å². The van der Waals surface area contributed by atoms with E-state index in [4.69, 9.17) is 4.74 Å². The van der Waals surface area contributed by atoms with E-state index >= 15 is 0 Å². The lowest BCUT2D eigenvalue weighted by molar-refractivity contribution is 0.140. The molecule has 2 heteroatoms. The van der Waals surface area contributed by atoms with Gasteiger partial charge in [-0.15, -0.1) is 0 Å². The second-order valence-electron chi connectivity index (χ2n) is 6.10. The van der Waals surface area contributed by atoms with Crippen LogP contribution in [0.4, 0.5) is 0 Å². The van der Waals surface area contributed by atoms with Gasteiger partial charge in [-0.2, -0.15) is 0 Å². The molecule has 1 aliphatic carbocycles. The summed E-state index contributed by atoms with van der Waals surface area (Å²) in [5.74, 6) is 0.805.